The summed E-state index contributed by atoms with van der Waals surface area (Å²) in [7, 11) is 0. The second-order valence-electron chi connectivity index (χ2n) is 4.21. The van der Waals surface area contributed by atoms with Gasteiger partial charge in [0.15, 0.2) is 0 Å². The molecule has 1 aromatic heterocycles. The van der Waals surface area contributed by atoms with E-state index in [1.807, 2.05) is 0 Å². The molecule has 2 unspecified atom stereocenters. The van der Waals surface area contributed by atoms with E-state index in [1.165, 1.54) is 18.7 Å². The number of rotatable bonds is 3. The molecule has 0 radical (unpaired) electrons. The quantitative estimate of drug-likeness (QED) is 0.737. The molecule has 18 heavy (non-hydrogen) atoms. The van der Waals surface area contributed by atoms with Crippen molar-refractivity contribution in [2.24, 2.45) is 5.92 Å². The molecule has 2 amide bonds. The molecule has 2 rings (SSSR count). The molecule has 7 heteroatoms. The van der Waals surface area contributed by atoms with Gasteiger partial charge in [-0.15, -0.1) is 0 Å². The molecule has 0 aliphatic heterocycles. The third kappa shape index (κ3) is 2.93. The highest BCUT2D eigenvalue weighted by molar-refractivity contribution is 5.89. The largest absolute Gasteiger partial charge is 0.481 e. The molecule has 3 N–H and O–H groups in total. The van der Waals surface area contributed by atoms with Crippen LogP contribution in [0, 0.1) is 5.92 Å². The Morgan fingerprint density at radius 2 is 2.00 bits per heavy atom. The Balaban J connectivity index is 1.90. The molecule has 1 aliphatic carbocycles. The van der Waals surface area contributed by atoms with Crippen molar-refractivity contribution < 1.29 is 14.7 Å². The number of aromatic nitrogens is 2. The number of carbonyl (C=O) groups is 2. The van der Waals surface area contributed by atoms with Crippen LogP contribution in [0.2, 0.25) is 0 Å². The summed E-state index contributed by atoms with van der Waals surface area (Å²) in [5, 5.41) is 14.2. The Hall–Kier alpha value is -2.18. The lowest BCUT2D eigenvalue weighted by Crippen LogP contribution is -2.42. The van der Waals surface area contributed by atoms with Gasteiger partial charge in [-0.1, -0.05) is 6.42 Å². The number of hydrogen-bond acceptors (Lipinski definition) is 4. The smallest absolute Gasteiger partial charge is 0.319 e. The number of nitrogens with zero attached hydrogens (tertiary/aromatic N) is 2. The van der Waals surface area contributed by atoms with Gasteiger partial charge in [-0.25, -0.2) is 14.8 Å². The number of carboxylic acids is 1. The lowest BCUT2D eigenvalue weighted by atomic mass is 10.0. The molecule has 0 bridgehead atoms. The molecule has 1 aliphatic rings. The summed E-state index contributed by atoms with van der Waals surface area (Å²) >= 11 is 0. The van der Waals surface area contributed by atoms with Crippen molar-refractivity contribution in [1.82, 2.24) is 15.3 Å². The normalized spacial score (nSPS) is 22.4. The molecule has 96 valence electrons. The first-order chi connectivity index (χ1) is 8.66. The van der Waals surface area contributed by atoms with Crippen molar-refractivity contribution in [3.8, 4) is 0 Å². The minimum Gasteiger partial charge on any atom is -0.481 e. The van der Waals surface area contributed by atoms with Gasteiger partial charge in [0.1, 0.15) is 6.33 Å². The van der Waals surface area contributed by atoms with Gasteiger partial charge < -0.3 is 15.7 Å². The van der Waals surface area contributed by atoms with Crippen molar-refractivity contribution in [2.75, 3.05) is 5.32 Å². The summed E-state index contributed by atoms with van der Waals surface area (Å²) in [5.41, 5.74) is 0.472. The Kier molecular flexibility index (Phi) is 3.71. The lowest BCUT2D eigenvalue weighted by molar-refractivity contribution is -0.142. The van der Waals surface area contributed by atoms with Crippen LogP contribution in [0.1, 0.15) is 19.3 Å². The molecule has 0 aromatic carbocycles. The van der Waals surface area contributed by atoms with Crippen LogP contribution >= 0.6 is 0 Å². The van der Waals surface area contributed by atoms with E-state index < -0.39 is 17.9 Å². The van der Waals surface area contributed by atoms with Gasteiger partial charge >= 0.3 is 12.0 Å². The molecule has 0 spiro atoms. The van der Waals surface area contributed by atoms with Gasteiger partial charge in [-0.2, -0.15) is 0 Å². The van der Waals surface area contributed by atoms with Crippen molar-refractivity contribution in [2.45, 2.75) is 25.3 Å². The second kappa shape index (κ2) is 5.44. The summed E-state index contributed by atoms with van der Waals surface area (Å²) in [6, 6.07) is -0.741. The fraction of sp³-hybridized carbons (Fsp3) is 0.455. The van der Waals surface area contributed by atoms with Gasteiger partial charge in [0.25, 0.3) is 0 Å². The van der Waals surface area contributed by atoms with Crippen LogP contribution in [-0.4, -0.2) is 33.1 Å². The molecule has 0 saturated heterocycles. The predicted molar refractivity (Wildman–Crippen MR) is 63.0 cm³/mol. The van der Waals surface area contributed by atoms with Gasteiger partial charge in [0.05, 0.1) is 24.0 Å². The first-order valence-corrected chi connectivity index (χ1v) is 5.72. The minimum atomic E-state index is -0.860. The van der Waals surface area contributed by atoms with E-state index in [9.17, 15) is 9.59 Å². The molecule has 7 nitrogen and oxygen atoms in total. The third-order valence-corrected chi connectivity index (χ3v) is 2.97. The van der Waals surface area contributed by atoms with Crippen LogP contribution in [0.25, 0.3) is 0 Å². The zero-order chi connectivity index (χ0) is 13.0. The number of hydrogen-bond donors (Lipinski definition) is 3. The van der Waals surface area contributed by atoms with Gasteiger partial charge in [-0.3, -0.25) is 4.79 Å². The maximum atomic E-state index is 11.7. The van der Waals surface area contributed by atoms with E-state index >= 15 is 0 Å². The Labute approximate surface area is 104 Å². The van der Waals surface area contributed by atoms with Crippen molar-refractivity contribution in [3.05, 3.63) is 18.7 Å². The fourth-order valence-electron chi connectivity index (χ4n) is 2.13. The van der Waals surface area contributed by atoms with Crippen LogP contribution in [0.15, 0.2) is 18.7 Å². The summed E-state index contributed by atoms with van der Waals surface area (Å²) in [6.07, 6.45) is 6.41. The summed E-state index contributed by atoms with van der Waals surface area (Å²) < 4.78 is 0. The number of amides is 2. The maximum Gasteiger partial charge on any atom is 0.319 e. The summed E-state index contributed by atoms with van der Waals surface area (Å²) in [6.45, 7) is 0. The number of carboxylic acid groups (broad SMARTS) is 1. The summed E-state index contributed by atoms with van der Waals surface area (Å²) in [4.78, 5) is 30.2. The third-order valence-electron chi connectivity index (χ3n) is 2.97. The highest BCUT2D eigenvalue weighted by Gasteiger charge is 2.33. The van der Waals surface area contributed by atoms with Gasteiger partial charge in [-0.05, 0) is 12.8 Å². The molecule has 1 fully saturated rings. The first-order valence-electron chi connectivity index (χ1n) is 5.72. The number of anilines is 1. The Morgan fingerprint density at radius 1 is 1.28 bits per heavy atom. The monoisotopic (exact) mass is 250 g/mol. The van der Waals surface area contributed by atoms with Crippen molar-refractivity contribution >= 4 is 17.7 Å². The van der Waals surface area contributed by atoms with E-state index in [0.717, 1.165) is 6.42 Å². The highest BCUT2D eigenvalue weighted by atomic mass is 16.4. The van der Waals surface area contributed by atoms with Crippen LogP contribution in [0.4, 0.5) is 10.5 Å². The van der Waals surface area contributed by atoms with E-state index in [4.69, 9.17) is 5.11 Å². The molecule has 1 aromatic rings. The SMILES string of the molecule is O=C(Nc1cncnc1)NC1CCCC1C(=O)O. The molecule has 2 atom stereocenters. The number of urea groups is 1. The Bertz CT molecular complexity index is 437. The standard InChI is InChI=1S/C11H14N4O3/c16-10(17)8-2-1-3-9(8)15-11(18)14-7-4-12-6-13-5-7/h4-6,8-9H,1-3H2,(H,16,17)(H2,14,15,18). The maximum absolute atomic E-state index is 11.7. The minimum absolute atomic E-state index is 0.313. The molecular weight excluding hydrogens is 236 g/mol. The van der Waals surface area contributed by atoms with Crippen LogP contribution in [-0.2, 0) is 4.79 Å². The molecule has 1 saturated carbocycles. The molecule has 1 heterocycles. The average Bonchev–Trinajstić information content (AvgIpc) is 2.78. The van der Waals surface area contributed by atoms with Crippen molar-refractivity contribution in [1.29, 1.82) is 0 Å². The van der Waals surface area contributed by atoms with Crippen LogP contribution < -0.4 is 10.6 Å². The molecular formula is C11H14N4O3. The van der Waals surface area contributed by atoms with Crippen LogP contribution in [0.5, 0.6) is 0 Å². The average molecular weight is 250 g/mol. The highest BCUT2D eigenvalue weighted by Crippen LogP contribution is 2.25. The summed E-state index contributed by atoms with van der Waals surface area (Å²) in [5.74, 6) is -1.36. The number of nitrogens with one attached hydrogen (secondary N) is 2. The van der Waals surface area contributed by atoms with E-state index in [0.29, 0.717) is 18.5 Å². The van der Waals surface area contributed by atoms with E-state index in [1.54, 1.807) is 0 Å². The second-order valence-corrected chi connectivity index (χ2v) is 4.21. The topological polar surface area (TPSA) is 104 Å². The van der Waals surface area contributed by atoms with Crippen LogP contribution in [0.3, 0.4) is 0 Å². The van der Waals surface area contributed by atoms with Gasteiger partial charge in [0, 0.05) is 6.04 Å². The van der Waals surface area contributed by atoms with E-state index in [-0.39, 0.29) is 6.04 Å². The fourth-order valence-corrected chi connectivity index (χ4v) is 2.13. The lowest BCUT2D eigenvalue weighted by Gasteiger charge is -2.17. The predicted octanol–water partition coefficient (Wildman–Crippen LogP) is 0.851. The number of aliphatic carboxylic acids is 1. The van der Waals surface area contributed by atoms with Gasteiger partial charge in [0.2, 0.25) is 0 Å². The Morgan fingerprint density at radius 3 is 2.67 bits per heavy atom. The van der Waals surface area contributed by atoms with Crippen molar-refractivity contribution in [3.63, 3.8) is 0 Å². The zero-order valence-corrected chi connectivity index (χ0v) is 9.67. The first kappa shape index (κ1) is 12.3. The number of carbonyl (C=O) groups excluding carboxylic acids is 1. The zero-order valence-electron chi connectivity index (χ0n) is 9.67. The van der Waals surface area contributed by atoms with E-state index in [2.05, 4.69) is 20.6 Å².